The third-order valence-corrected chi connectivity index (χ3v) is 3.99. The van der Waals surface area contributed by atoms with E-state index in [2.05, 4.69) is 0 Å². The highest BCUT2D eigenvalue weighted by molar-refractivity contribution is 6.17. The van der Waals surface area contributed by atoms with Gasteiger partial charge in [0, 0.05) is 12.4 Å². The Bertz CT molecular complexity index is 702. The summed E-state index contributed by atoms with van der Waals surface area (Å²) in [6.07, 6.45) is -2.79. The average molecular weight is 342 g/mol. The predicted octanol–water partition coefficient (Wildman–Crippen LogP) is 5.97. The Morgan fingerprint density at radius 3 is 2.43 bits per heavy atom. The molecule has 0 fully saturated rings. The van der Waals surface area contributed by atoms with E-state index >= 15 is 0 Å². The quantitative estimate of drug-likeness (QED) is 0.502. The molecular weight excluding hydrogens is 327 g/mol. The number of anilines is 2. The SMILES string of the molecule is FC(F)(F)c1ccc2c(c1)N(CCCCCl)c1ccccc1O2. The third kappa shape index (κ3) is 3.24. The number of halogens is 4. The van der Waals surface area contributed by atoms with Gasteiger partial charge in [-0.05, 0) is 43.2 Å². The molecule has 0 saturated carbocycles. The van der Waals surface area contributed by atoms with Crippen LogP contribution in [0.5, 0.6) is 11.5 Å². The highest BCUT2D eigenvalue weighted by Crippen LogP contribution is 2.48. The molecule has 6 heteroatoms. The van der Waals surface area contributed by atoms with E-state index in [9.17, 15) is 13.2 Å². The van der Waals surface area contributed by atoms with E-state index in [0.717, 1.165) is 30.7 Å². The van der Waals surface area contributed by atoms with Crippen molar-refractivity contribution in [3.63, 3.8) is 0 Å². The number of benzene rings is 2. The molecule has 122 valence electrons. The molecule has 0 atom stereocenters. The summed E-state index contributed by atoms with van der Waals surface area (Å²) in [5, 5.41) is 0. The summed E-state index contributed by atoms with van der Waals surface area (Å²) in [7, 11) is 0. The van der Waals surface area contributed by atoms with Gasteiger partial charge in [0.2, 0.25) is 0 Å². The summed E-state index contributed by atoms with van der Waals surface area (Å²) in [6, 6.07) is 10.9. The van der Waals surface area contributed by atoms with Gasteiger partial charge in [0.15, 0.2) is 11.5 Å². The maximum atomic E-state index is 13.0. The number of alkyl halides is 4. The van der Waals surface area contributed by atoms with Crippen molar-refractivity contribution in [2.75, 3.05) is 17.3 Å². The first kappa shape index (κ1) is 16.0. The van der Waals surface area contributed by atoms with Crippen LogP contribution in [0, 0.1) is 0 Å². The van der Waals surface area contributed by atoms with Gasteiger partial charge in [-0.2, -0.15) is 13.2 Å². The van der Waals surface area contributed by atoms with Crippen LogP contribution >= 0.6 is 11.6 Å². The highest BCUT2D eigenvalue weighted by Gasteiger charge is 2.33. The molecule has 23 heavy (non-hydrogen) atoms. The zero-order valence-corrected chi connectivity index (χ0v) is 13.0. The Morgan fingerprint density at radius 2 is 1.70 bits per heavy atom. The molecule has 0 radical (unpaired) electrons. The number of rotatable bonds is 4. The first-order valence-corrected chi connectivity index (χ1v) is 7.86. The van der Waals surface area contributed by atoms with Gasteiger partial charge in [-0.15, -0.1) is 11.6 Å². The minimum atomic E-state index is -4.38. The van der Waals surface area contributed by atoms with Gasteiger partial charge in [0.05, 0.1) is 16.9 Å². The van der Waals surface area contributed by atoms with Crippen molar-refractivity contribution in [1.29, 1.82) is 0 Å². The van der Waals surface area contributed by atoms with Gasteiger partial charge in [-0.3, -0.25) is 0 Å². The summed E-state index contributed by atoms with van der Waals surface area (Å²) in [5.74, 6) is 1.61. The molecule has 0 aromatic heterocycles. The monoisotopic (exact) mass is 341 g/mol. The molecule has 0 bridgehead atoms. The normalized spacial score (nSPS) is 13.3. The lowest BCUT2D eigenvalue weighted by Crippen LogP contribution is -2.23. The van der Waals surface area contributed by atoms with Gasteiger partial charge < -0.3 is 9.64 Å². The van der Waals surface area contributed by atoms with Crippen LogP contribution in [0.3, 0.4) is 0 Å². The van der Waals surface area contributed by atoms with Crippen molar-refractivity contribution < 1.29 is 17.9 Å². The van der Waals surface area contributed by atoms with Crippen LogP contribution in [0.4, 0.5) is 24.5 Å². The van der Waals surface area contributed by atoms with Crippen molar-refractivity contribution in [3.8, 4) is 11.5 Å². The standard InChI is InChI=1S/C17H15ClF3NO/c18-9-3-4-10-22-13-5-1-2-6-15(13)23-16-8-7-12(11-14(16)22)17(19,20)21/h1-2,5-8,11H,3-4,9-10H2. The van der Waals surface area contributed by atoms with Crippen molar-refractivity contribution in [2.45, 2.75) is 19.0 Å². The number of hydrogen-bond acceptors (Lipinski definition) is 2. The highest BCUT2D eigenvalue weighted by atomic mass is 35.5. The fraction of sp³-hybridized carbons (Fsp3) is 0.294. The van der Waals surface area contributed by atoms with Crippen LogP contribution < -0.4 is 9.64 Å². The summed E-state index contributed by atoms with van der Waals surface area (Å²) in [5.41, 5.74) is 0.531. The molecule has 1 aliphatic rings. The van der Waals surface area contributed by atoms with Crippen LogP contribution in [0.1, 0.15) is 18.4 Å². The second-order valence-corrected chi connectivity index (χ2v) is 5.68. The summed E-state index contributed by atoms with van der Waals surface area (Å²) < 4.78 is 44.8. The minimum absolute atomic E-state index is 0.433. The molecule has 0 aliphatic carbocycles. The molecule has 2 aromatic rings. The van der Waals surface area contributed by atoms with Crippen LogP contribution in [0.15, 0.2) is 42.5 Å². The molecule has 2 nitrogen and oxygen atoms in total. The minimum Gasteiger partial charge on any atom is -0.453 e. The Hall–Kier alpha value is -1.88. The maximum absolute atomic E-state index is 13.0. The van der Waals surface area contributed by atoms with Gasteiger partial charge >= 0.3 is 6.18 Å². The van der Waals surface area contributed by atoms with E-state index in [1.807, 2.05) is 29.2 Å². The number of ether oxygens (including phenoxy) is 1. The molecule has 0 N–H and O–H groups in total. The third-order valence-electron chi connectivity index (χ3n) is 3.72. The fourth-order valence-electron chi connectivity index (χ4n) is 2.61. The molecule has 1 aliphatic heterocycles. The second-order valence-electron chi connectivity index (χ2n) is 5.30. The van der Waals surface area contributed by atoms with Gasteiger partial charge in [0.1, 0.15) is 0 Å². The lowest BCUT2D eigenvalue weighted by Gasteiger charge is -2.33. The largest absolute Gasteiger partial charge is 0.453 e. The smallest absolute Gasteiger partial charge is 0.416 e. The van der Waals surface area contributed by atoms with E-state index in [1.165, 1.54) is 6.07 Å². The molecule has 2 aromatic carbocycles. The Balaban J connectivity index is 2.03. The molecule has 0 saturated heterocycles. The van der Waals surface area contributed by atoms with Crippen molar-refractivity contribution in [3.05, 3.63) is 48.0 Å². The average Bonchev–Trinajstić information content (AvgIpc) is 2.53. The second kappa shape index (κ2) is 6.32. The zero-order chi connectivity index (χ0) is 16.4. The van der Waals surface area contributed by atoms with Crippen LogP contribution in [0.25, 0.3) is 0 Å². The summed E-state index contributed by atoms with van der Waals surface area (Å²) in [6.45, 7) is 0.585. The molecule has 0 spiro atoms. The van der Waals surface area contributed by atoms with E-state index in [-0.39, 0.29) is 0 Å². The maximum Gasteiger partial charge on any atom is 0.416 e. The Morgan fingerprint density at radius 1 is 0.957 bits per heavy atom. The van der Waals surface area contributed by atoms with Crippen molar-refractivity contribution in [2.24, 2.45) is 0 Å². The molecule has 0 unspecified atom stereocenters. The Kier molecular flexibility index (Phi) is 4.39. The van der Waals surface area contributed by atoms with E-state index in [0.29, 0.717) is 29.6 Å². The van der Waals surface area contributed by atoms with E-state index in [4.69, 9.17) is 16.3 Å². The van der Waals surface area contributed by atoms with Crippen LogP contribution in [0.2, 0.25) is 0 Å². The molecule has 0 amide bonds. The topological polar surface area (TPSA) is 12.5 Å². The number of nitrogens with zero attached hydrogens (tertiary/aromatic N) is 1. The first-order valence-electron chi connectivity index (χ1n) is 7.32. The van der Waals surface area contributed by atoms with Crippen LogP contribution in [-0.4, -0.2) is 12.4 Å². The number of hydrogen-bond donors (Lipinski definition) is 0. The lowest BCUT2D eigenvalue weighted by molar-refractivity contribution is -0.137. The van der Waals surface area contributed by atoms with Crippen molar-refractivity contribution in [1.82, 2.24) is 0 Å². The van der Waals surface area contributed by atoms with E-state index in [1.54, 1.807) is 0 Å². The van der Waals surface area contributed by atoms with Gasteiger partial charge in [0.25, 0.3) is 0 Å². The van der Waals surface area contributed by atoms with Crippen molar-refractivity contribution >= 4 is 23.0 Å². The lowest BCUT2D eigenvalue weighted by atomic mass is 10.1. The van der Waals surface area contributed by atoms with Gasteiger partial charge in [-0.25, -0.2) is 0 Å². The number of unbranched alkanes of at least 4 members (excludes halogenated alkanes) is 1. The van der Waals surface area contributed by atoms with Gasteiger partial charge in [-0.1, -0.05) is 12.1 Å². The zero-order valence-electron chi connectivity index (χ0n) is 12.2. The predicted molar refractivity (Wildman–Crippen MR) is 84.9 cm³/mol. The number of para-hydroxylation sites is 2. The summed E-state index contributed by atoms with van der Waals surface area (Å²) in [4.78, 5) is 1.87. The molecule has 1 heterocycles. The Labute approximate surface area is 137 Å². The van der Waals surface area contributed by atoms with E-state index < -0.39 is 11.7 Å². The molecule has 3 rings (SSSR count). The fourth-order valence-corrected chi connectivity index (χ4v) is 2.80. The number of fused-ring (bicyclic) bond motifs is 2. The molecular formula is C17H15ClF3NO. The first-order chi connectivity index (χ1) is 11.0. The summed E-state index contributed by atoms with van der Waals surface area (Å²) >= 11 is 5.71. The van der Waals surface area contributed by atoms with Crippen LogP contribution in [-0.2, 0) is 6.18 Å².